The Morgan fingerprint density at radius 1 is 0.977 bits per heavy atom. The van der Waals surface area contributed by atoms with Crippen molar-refractivity contribution in [1.29, 1.82) is 0 Å². The van der Waals surface area contributed by atoms with Crippen LogP contribution in [0, 0.1) is 0 Å². The lowest BCUT2D eigenvalue weighted by atomic mass is 9.95. The maximum atomic E-state index is 14.0. The highest BCUT2D eigenvalue weighted by Crippen LogP contribution is 2.36. The first-order valence-electron chi connectivity index (χ1n) is 14.2. The summed E-state index contributed by atoms with van der Waals surface area (Å²) in [5.41, 5.74) is 1.77. The Labute approximate surface area is 253 Å². The molecule has 11 heteroatoms. The molecule has 0 amide bonds. The fourth-order valence-electron chi connectivity index (χ4n) is 4.65. The maximum absolute atomic E-state index is 14.0. The minimum Gasteiger partial charge on any atom is -0.491 e. The number of carbonyl (C=O) groups excluding carboxylic acids is 2. The molecule has 0 fully saturated rings. The molecule has 1 aliphatic rings. The molecule has 2 heterocycles. The van der Waals surface area contributed by atoms with Crippen molar-refractivity contribution in [3.05, 3.63) is 84.5 Å². The van der Waals surface area contributed by atoms with Crippen LogP contribution in [-0.4, -0.2) is 49.0 Å². The molecular formula is C32H36N2O8S. The van der Waals surface area contributed by atoms with E-state index in [1.807, 2.05) is 45.0 Å². The zero-order chi connectivity index (χ0) is 31.1. The quantitative estimate of drug-likeness (QED) is 0.284. The summed E-state index contributed by atoms with van der Waals surface area (Å²) >= 11 is 1.22. The first-order valence-corrected chi connectivity index (χ1v) is 15.0. The van der Waals surface area contributed by atoms with Gasteiger partial charge in [-0.05, 0) is 71.4 Å². The Morgan fingerprint density at radius 2 is 1.72 bits per heavy atom. The number of aromatic nitrogens is 1. The molecule has 4 rings (SSSR count). The molecule has 10 nitrogen and oxygen atoms in total. The molecule has 0 aliphatic carbocycles. The first-order chi connectivity index (χ1) is 20.7. The number of allylic oxidation sites excluding steroid dienone is 1. The number of hydrogen-bond donors (Lipinski definition) is 0. The van der Waals surface area contributed by atoms with Crippen molar-refractivity contribution in [2.75, 3.05) is 26.4 Å². The standard InChI is InChI=1S/C32H36N2O8S/c1-7-38-25-16-21(14-15-24(25)41-18-27(35)39-8-2)17-26-30(36)34-29(22-12-10-11-13-23(22)42-19(4)5)28(31(37)40-9-3)20(6)33-32(34)43-26/h10-17,19,29H,7-9,18H2,1-6H3/b26-17+/t29-/m0/s1. The van der Waals surface area contributed by atoms with Gasteiger partial charge in [-0.3, -0.25) is 9.36 Å². The highest BCUT2D eigenvalue weighted by molar-refractivity contribution is 7.07. The average molecular weight is 609 g/mol. The van der Waals surface area contributed by atoms with Crippen LogP contribution in [0.1, 0.15) is 58.7 Å². The topological polar surface area (TPSA) is 115 Å². The van der Waals surface area contributed by atoms with Crippen LogP contribution in [-0.2, 0) is 19.1 Å². The molecule has 0 unspecified atom stereocenters. The fourth-order valence-corrected chi connectivity index (χ4v) is 5.69. The van der Waals surface area contributed by atoms with Gasteiger partial charge in [0.15, 0.2) is 22.9 Å². The van der Waals surface area contributed by atoms with Crippen LogP contribution in [0.5, 0.6) is 17.2 Å². The number of fused-ring (bicyclic) bond motifs is 1. The number of carbonyl (C=O) groups is 2. The first kappa shape index (κ1) is 31.6. The number of para-hydroxylation sites is 1. The predicted octanol–water partition coefficient (Wildman–Crippen LogP) is 3.93. The van der Waals surface area contributed by atoms with E-state index in [-0.39, 0.29) is 37.1 Å². The van der Waals surface area contributed by atoms with Crippen LogP contribution >= 0.6 is 11.3 Å². The molecule has 0 spiro atoms. The van der Waals surface area contributed by atoms with E-state index in [0.29, 0.717) is 50.0 Å². The maximum Gasteiger partial charge on any atom is 0.344 e. The lowest BCUT2D eigenvalue weighted by Gasteiger charge is -2.26. The third kappa shape index (κ3) is 7.16. The fraction of sp³-hybridized carbons (Fsp3) is 0.375. The summed E-state index contributed by atoms with van der Waals surface area (Å²) in [6.07, 6.45) is 1.61. The van der Waals surface area contributed by atoms with Gasteiger partial charge in [0, 0.05) is 5.56 Å². The normalized spacial score (nSPS) is 14.7. The van der Waals surface area contributed by atoms with Crippen LogP contribution in [0.3, 0.4) is 0 Å². The summed E-state index contributed by atoms with van der Waals surface area (Å²) in [4.78, 5) is 44.2. The molecule has 1 aromatic heterocycles. The Hall–Kier alpha value is -4.38. The lowest BCUT2D eigenvalue weighted by molar-refractivity contribution is -0.145. The molecule has 1 atom stereocenters. The van der Waals surface area contributed by atoms with E-state index in [1.54, 1.807) is 45.0 Å². The summed E-state index contributed by atoms with van der Waals surface area (Å²) in [5, 5.41) is 0. The van der Waals surface area contributed by atoms with E-state index < -0.39 is 18.0 Å². The van der Waals surface area contributed by atoms with Gasteiger partial charge in [0.05, 0.1) is 41.7 Å². The van der Waals surface area contributed by atoms with E-state index in [0.717, 1.165) is 0 Å². The Kier molecular flexibility index (Phi) is 10.4. The molecule has 0 N–H and O–H groups in total. The summed E-state index contributed by atoms with van der Waals surface area (Å²) < 4.78 is 29.7. The summed E-state index contributed by atoms with van der Waals surface area (Å²) in [7, 11) is 0. The van der Waals surface area contributed by atoms with Crippen molar-refractivity contribution in [2.24, 2.45) is 4.99 Å². The number of nitrogens with zero attached hydrogens (tertiary/aromatic N) is 2. The van der Waals surface area contributed by atoms with Crippen LogP contribution < -0.4 is 29.1 Å². The van der Waals surface area contributed by atoms with Crippen molar-refractivity contribution in [1.82, 2.24) is 4.57 Å². The summed E-state index contributed by atoms with van der Waals surface area (Å²) in [5.74, 6) is 0.342. The molecule has 1 aliphatic heterocycles. The molecule has 0 radical (unpaired) electrons. The summed E-state index contributed by atoms with van der Waals surface area (Å²) in [6.45, 7) is 11.4. The molecule has 0 bridgehead atoms. The van der Waals surface area contributed by atoms with Gasteiger partial charge in [-0.1, -0.05) is 35.6 Å². The zero-order valence-corrected chi connectivity index (χ0v) is 26.0. The third-order valence-electron chi connectivity index (χ3n) is 6.31. The second kappa shape index (κ2) is 14.2. The highest BCUT2D eigenvalue weighted by atomic mass is 32.1. The van der Waals surface area contributed by atoms with Gasteiger partial charge in [0.2, 0.25) is 0 Å². The van der Waals surface area contributed by atoms with E-state index in [1.165, 1.54) is 15.9 Å². The number of esters is 2. The second-order valence-corrected chi connectivity index (χ2v) is 10.7. The van der Waals surface area contributed by atoms with Gasteiger partial charge < -0.3 is 23.7 Å². The molecule has 3 aromatic rings. The van der Waals surface area contributed by atoms with Gasteiger partial charge in [-0.2, -0.15) is 0 Å². The van der Waals surface area contributed by atoms with E-state index in [9.17, 15) is 14.4 Å². The predicted molar refractivity (Wildman–Crippen MR) is 162 cm³/mol. The van der Waals surface area contributed by atoms with Crippen molar-refractivity contribution in [3.63, 3.8) is 0 Å². The minimum atomic E-state index is -0.801. The molecular weight excluding hydrogens is 572 g/mol. The van der Waals surface area contributed by atoms with Gasteiger partial charge in [-0.15, -0.1) is 0 Å². The van der Waals surface area contributed by atoms with Crippen molar-refractivity contribution in [3.8, 4) is 17.2 Å². The number of rotatable bonds is 12. The van der Waals surface area contributed by atoms with Crippen molar-refractivity contribution in [2.45, 2.75) is 53.7 Å². The minimum absolute atomic E-state index is 0.128. The number of ether oxygens (including phenoxy) is 5. The van der Waals surface area contributed by atoms with Crippen molar-refractivity contribution >= 4 is 29.4 Å². The van der Waals surface area contributed by atoms with Crippen LogP contribution in [0.4, 0.5) is 0 Å². The van der Waals surface area contributed by atoms with E-state index in [4.69, 9.17) is 23.7 Å². The molecule has 228 valence electrons. The van der Waals surface area contributed by atoms with Gasteiger partial charge in [0.1, 0.15) is 11.8 Å². The number of hydrogen-bond acceptors (Lipinski definition) is 10. The average Bonchev–Trinajstić information content (AvgIpc) is 3.26. The SMILES string of the molecule is CCOC(=O)COc1ccc(/C=c2/sc3n(c2=O)[C@@H](c2ccccc2OC(C)C)C(C(=O)OCC)=C(C)N=3)cc1OCC. The van der Waals surface area contributed by atoms with Crippen molar-refractivity contribution < 1.29 is 33.3 Å². The Bertz CT molecular complexity index is 1700. The third-order valence-corrected chi connectivity index (χ3v) is 7.29. The van der Waals surface area contributed by atoms with E-state index in [2.05, 4.69) is 4.99 Å². The highest BCUT2D eigenvalue weighted by Gasteiger charge is 2.35. The summed E-state index contributed by atoms with van der Waals surface area (Å²) in [6, 6.07) is 11.7. The van der Waals surface area contributed by atoms with Gasteiger partial charge >= 0.3 is 11.9 Å². The molecule has 2 aromatic carbocycles. The Balaban J connectivity index is 1.84. The lowest BCUT2D eigenvalue weighted by Crippen LogP contribution is -2.40. The van der Waals surface area contributed by atoms with Crippen LogP contribution in [0.2, 0.25) is 0 Å². The largest absolute Gasteiger partial charge is 0.491 e. The van der Waals surface area contributed by atoms with Crippen LogP contribution in [0.25, 0.3) is 6.08 Å². The molecule has 0 saturated carbocycles. The number of thiazole rings is 1. The molecule has 43 heavy (non-hydrogen) atoms. The zero-order valence-electron chi connectivity index (χ0n) is 25.2. The smallest absolute Gasteiger partial charge is 0.344 e. The molecule has 0 saturated heterocycles. The van der Waals surface area contributed by atoms with Crippen LogP contribution in [0.15, 0.2) is 63.5 Å². The van der Waals surface area contributed by atoms with Gasteiger partial charge in [0.25, 0.3) is 5.56 Å². The van der Waals surface area contributed by atoms with E-state index >= 15 is 0 Å². The van der Waals surface area contributed by atoms with Gasteiger partial charge in [-0.25, -0.2) is 14.6 Å². The monoisotopic (exact) mass is 608 g/mol. The number of benzene rings is 2. The second-order valence-electron chi connectivity index (χ2n) is 9.74. The Morgan fingerprint density at radius 3 is 2.42 bits per heavy atom.